The van der Waals surface area contributed by atoms with Crippen molar-refractivity contribution < 1.29 is 13.2 Å². The SMILES string of the molecule is C=C(CC(C)F)[C@@H](F)CCF. The molecule has 0 fully saturated rings. The molecular formula is C8H13F3. The summed E-state index contributed by atoms with van der Waals surface area (Å²) in [7, 11) is 0. The number of halogens is 3. The van der Waals surface area contributed by atoms with E-state index < -0.39 is 19.0 Å². The first-order chi connectivity index (χ1) is 5.07. The van der Waals surface area contributed by atoms with Gasteiger partial charge in [0, 0.05) is 12.8 Å². The molecule has 0 heterocycles. The maximum Gasteiger partial charge on any atom is 0.123 e. The lowest BCUT2D eigenvalue weighted by molar-refractivity contribution is 0.291. The minimum absolute atomic E-state index is 0.0127. The van der Waals surface area contributed by atoms with Gasteiger partial charge in [0.25, 0.3) is 0 Å². The topological polar surface area (TPSA) is 0 Å². The van der Waals surface area contributed by atoms with E-state index in [1.807, 2.05) is 0 Å². The van der Waals surface area contributed by atoms with Crippen LogP contribution in [0.1, 0.15) is 19.8 Å². The maximum absolute atomic E-state index is 12.7. The molecule has 0 radical (unpaired) electrons. The third kappa shape index (κ3) is 4.87. The lowest BCUT2D eigenvalue weighted by atomic mass is 10.1. The van der Waals surface area contributed by atoms with Gasteiger partial charge in [0.1, 0.15) is 12.3 Å². The molecular weight excluding hydrogens is 153 g/mol. The Morgan fingerprint density at radius 2 is 2.00 bits per heavy atom. The van der Waals surface area contributed by atoms with E-state index in [4.69, 9.17) is 0 Å². The molecule has 66 valence electrons. The average molecular weight is 166 g/mol. The second-order valence-electron chi connectivity index (χ2n) is 2.59. The van der Waals surface area contributed by atoms with Crippen LogP contribution in [0.15, 0.2) is 12.2 Å². The Bertz CT molecular complexity index is 121. The van der Waals surface area contributed by atoms with Crippen LogP contribution in [-0.2, 0) is 0 Å². The summed E-state index contributed by atoms with van der Waals surface area (Å²) in [6, 6.07) is 0. The van der Waals surface area contributed by atoms with Crippen molar-refractivity contribution in [3.63, 3.8) is 0 Å². The van der Waals surface area contributed by atoms with Crippen molar-refractivity contribution in [2.75, 3.05) is 6.67 Å². The molecule has 0 aliphatic heterocycles. The van der Waals surface area contributed by atoms with Crippen LogP contribution in [-0.4, -0.2) is 19.0 Å². The molecule has 0 aromatic carbocycles. The van der Waals surface area contributed by atoms with E-state index in [1.165, 1.54) is 6.92 Å². The molecule has 0 aromatic rings. The van der Waals surface area contributed by atoms with E-state index in [0.29, 0.717) is 0 Å². The summed E-state index contributed by atoms with van der Waals surface area (Å²) < 4.78 is 36.4. The highest BCUT2D eigenvalue weighted by molar-refractivity contribution is 5.02. The van der Waals surface area contributed by atoms with Crippen LogP contribution in [0.3, 0.4) is 0 Å². The number of allylic oxidation sites excluding steroid dienone is 1. The van der Waals surface area contributed by atoms with Gasteiger partial charge in [0.15, 0.2) is 0 Å². The van der Waals surface area contributed by atoms with Crippen molar-refractivity contribution in [3.05, 3.63) is 12.2 Å². The molecule has 0 rings (SSSR count). The lowest BCUT2D eigenvalue weighted by Gasteiger charge is -2.09. The number of hydrogen-bond acceptors (Lipinski definition) is 0. The molecule has 1 unspecified atom stereocenters. The number of rotatable bonds is 5. The predicted molar refractivity (Wildman–Crippen MR) is 39.8 cm³/mol. The summed E-state index contributed by atoms with van der Waals surface area (Å²) in [5.41, 5.74) is 0.151. The molecule has 11 heavy (non-hydrogen) atoms. The maximum atomic E-state index is 12.7. The Morgan fingerprint density at radius 3 is 2.36 bits per heavy atom. The minimum atomic E-state index is -1.39. The van der Waals surface area contributed by atoms with Crippen molar-refractivity contribution in [1.29, 1.82) is 0 Å². The van der Waals surface area contributed by atoms with E-state index in [0.717, 1.165) is 0 Å². The smallest absolute Gasteiger partial charge is 0.123 e. The van der Waals surface area contributed by atoms with Crippen molar-refractivity contribution in [3.8, 4) is 0 Å². The summed E-state index contributed by atoms with van der Waals surface area (Å²) in [6.45, 7) is 3.94. The molecule has 3 heteroatoms. The van der Waals surface area contributed by atoms with Crippen LogP contribution >= 0.6 is 0 Å². The van der Waals surface area contributed by atoms with E-state index in [2.05, 4.69) is 6.58 Å². The Morgan fingerprint density at radius 1 is 1.45 bits per heavy atom. The Hall–Kier alpha value is -0.470. The van der Waals surface area contributed by atoms with Crippen LogP contribution in [0.25, 0.3) is 0 Å². The molecule has 2 atom stereocenters. The quantitative estimate of drug-likeness (QED) is 0.551. The van der Waals surface area contributed by atoms with E-state index >= 15 is 0 Å². The zero-order valence-corrected chi connectivity index (χ0v) is 6.62. The number of hydrogen-bond donors (Lipinski definition) is 0. The van der Waals surface area contributed by atoms with Gasteiger partial charge in [-0.25, -0.2) is 8.78 Å². The minimum Gasteiger partial charge on any atom is -0.251 e. The molecule has 0 nitrogen and oxygen atoms in total. The third-order valence-corrected chi connectivity index (χ3v) is 1.35. The molecule has 0 amide bonds. The second kappa shape index (κ2) is 5.22. The summed E-state index contributed by atoms with van der Waals surface area (Å²) in [5, 5.41) is 0. The number of alkyl halides is 3. The molecule has 0 bridgehead atoms. The fourth-order valence-corrected chi connectivity index (χ4v) is 0.789. The van der Waals surface area contributed by atoms with Gasteiger partial charge in [-0.2, -0.15) is 0 Å². The van der Waals surface area contributed by atoms with Gasteiger partial charge in [0.2, 0.25) is 0 Å². The van der Waals surface area contributed by atoms with Crippen LogP contribution in [0.5, 0.6) is 0 Å². The first kappa shape index (κ1) is 10.5. The van der Waals surface area contributed by atoms with Gasteiger partial charge in [-0.15, -0.1) is 0 Å². The summed E-state index contributed by atoms with van der Waals surface area (Å²) in [6.07, 6.45) is -2.70. The average Bonchev–Trinajstić information content (AvgIpc) is 1.86. The summed E-state index contributed by atoms with van der Waals surface area (Å²) in [4.78, 5) is 0. The molecule has 0 saturated heterocycles. The molecule has 0 spiro atoms. The van der Waals surface area contributed by atoms with Crippen molar-refractivity contribution >= 4 is 0 Å². The van der Waals surface area contributed by atoms with Gasteiger partial charge in [-0.3, -0.25) is 4.39 Å². The molecule has 0 saturated carbocycles. The zero-order chi connectivity index (χ0) is 8.85. The van der Waals surface area contributed by atoms with Gasteiger partial charge in [-0.05, 0) is 12.5 Å². The standard InChI is InChI=1S/C8H13F3/c1-6(5-7(2)10)8(11)3-4-9/h7-8H,1,3-5H2,2H3/t7?,8-/m0/s1. The fourth-order valence-electron chi connectivity index (χ4n) is 0.789. The highest BCUT2D eigenvalue weighted by Crippen LogP contribution is 2.15. The highest BCUT2D eigenvalue weighted by atomic mass is 19.1. The lowest BCUT2D eigenvalue weighted by Crippen LogP contribution is -2.08. The summed E-state index contributed by atoms with van der Waals surface area (Å²) in [5.74, 6) is 0. The fraction of sp³-hybridized carbons (Fsp3) is 0.750. The molecule has 0 aliphatic rings. The molecule has 0 aliphatic carbocycles. The normalized spacial score (nSPS) is 16.0. The Labute approximate surface area is 65.1 Å². The molecule has 0 N–H and O–H groups in total. The Balaban J connectivity index is 3.64. The van der Waals surface area contributed by atoms with Gasteiger partial charge in [-0.1, -0.05) is 6.58 Å². The van der Waals surface area contributed by atoms with Crippen molar-refractivity contribution in [2.24, 2.45) is 0 Å². The zero-order valence-electron chi connectivity index (χ0n) is 6.62. The largest absolute Gasteiger partial charge is 0.251 e. The van der Waals surface area contributed by atoms with E-state index in [-0.39, 0.29) is 18.4 Å². The van der Waals surface area contributed by atoms with E-state index in [9.17, 15) is 13.2 Å². The molecule has 0 aromatic heterocycles. The monoisotopic (exact) mass is 166 g/mol. The highest BCUT2D eigenvalue weighted by Gasteiger charge is 2.12. The summed E-state index contributed by atoms with van der Waals surface area (Å²) >= 11 is 0. The van der Waals surface area contributed by atoms with Crippen LogP contribution < -0.4 is 0 Å². The first-order valence-corrected chi connectivity index (χ1v) is 3.59. The second-order valence-corrected chi connectivity index (χ2v) is 2.59. The predicted octanol–water partition coefficient (Wildman–Crippen LogP) is 2.99. The van der Waals surface area contributed by atoms with Gasteiger partial charge >= 0.3 is 0 Å². The van der Waals surface area contributed by atoms with Gasteiger partial charge in [0.05, 0.1) is 6.67 Å². The van der Waals surface area contributed by atoms with Crippen LogP contribution in [0.4, 0.5) is 13.2 Å². The van der Waals surface area contributed by atoms with Crippen molar-refractivity contribution in [2.45, 2.75) is 32.1 Å². The van der Waals surface area contributed by atoms with Crippen LogP contribution in [0.2, 0.25) is 0 Å². The van der Waals surface area contributed by atoms with Crippen LogP contribution in [0, 0.1) is 0 Å². The van der Waals surface area contributed by atoms with E-state index in [1.54, 1.807) is 0 Å². The first-order valence-electron chi connectivity index (χ1n) is 3.59. The third-order valence-electron chi connectivity index (χ3n) is 1.35. The van der Waals surface area contributed by atoms with Crippen molar-refractivity contribution in [1.82, 2.24) is 0 Å². The Kier molecular flexibility index (Phi) is 4.99. The van der Waals surface area contributed by atoms with Gasteiger partial charge < -0.3 is 0 Å².